The van der Waals surface area contributed by atoms with Gasteiger partial charge >= 0.3 is 11.9 Å². The molecule has 0 aliphatic rings. The maximum Gasteiger partial charge on any atom is 0.374 e. The van der Waals surface area contributed by atoms with Gasteiger partial charge in [-0.05, 0) is 13.5 Å². The molecule has 0 saturated heterocycles. The van der Waals surface area contributed by atoms with E-state index in [0.717, 1.165) is 0 Å². The van der Waals surface area contributed by atoms with Crippen LogP contribution in [0.5, 0.6) is 0 Å². The Bertz CT molecular complexity index is 368. The van der Waals surface area contributed by atoms with Crippen LogP contribution in [0.25, 0.3) is 0 Å². The number of hydrogen-bond donors (Lipinski definition) is 0. The molecule has 0 N–H and O–H groups in total. The summed E-state index contributed by atoms with van der Waals surface area (Å²) in [5.41, 5.74) is 0. The first-order valence-corrected chi connectivity index (χ1v) is 7.66. The van der Waals surface area contributed by atoms with Crippen LogP contribution in [0.3, 0.4) is 0 Å². The predicted octanol–water partition coefficient (Wildman–Crippen LogP) is 2.84. The van der Waals surface area contributed by atoms with Crippen LogP contribution in [-0.2, 0) is 28.1 Å². The third-order valence-electron chi connectivity index (χ3n) is 1.66. The van der Waals surface area contributed by atoms with Gasteiger partial charge in [0.05, 0.1) is 13.7 Å². The van der Waals surface area contributed by atoms with Gasteiger partial charge in [-0.1, -0.05) is 22.9 Å². The van der Waals surface area contributed by atoms with Gasteiger partial charge in [-0.15, -0.1) is 0 Å². The number of hydrogen-bond acceptors (Lipinski definition) is 6. The first-order valence-electron chi connectivity index (χ1n) is 5.38. The lowest BCUT2D eigenvalue weighted by Gasteiger charge is -2.18. The summed E-state index contributed by atoms with van der Waals surface area (Å²) >= 11 is 3.01. The van der Waals surface area contributed by atoms with Crippen LogP contribution >= 0.6 is 24.3 Å². The number of methoxy groups -OCH3 is 1. The number of halogens is 1. The van der Waals surface area contributed by atoms with E-state index in [2.05, 4.69) is 27.2 Å². The Hall–Kier alpha value is -1.07. The quantitative estimate of drug-likeness (QED) is 0.289. The van der Waals surface area contributed by atoms with Crippen molar-refractivity contribution >= 4 is 36.2 Å². The van der Waals surface area contributed by atoms with Crippen molar-refractivity contribution in [2.45, 2.75) is 13.8 Å². The Labute approximate surface area is 121 Å². The minimum atomic E-state index is -1.52. The number of carbonyl (C=O) groups is 2. The van der Waals surface area contributed by atoms with Crippen molar-refractivity contribution in [3.63, 3.8) is 0 Å². The standard InChI is InChI=1S/C11H16BrO6P/c1-5-16-11(14)9(7-12)18-19(6-2)17-8(3)10(13)15-4/h7H,3,5-6H2,1-2,4H3/b9-7+. The molecule has 0 fully saturated rings. The van der Waals surface area contributed by atoms with Crippen molar-refractivity contribution in [3.05, 3.63) is 23.1 Å². The zero-order chi connectivity index (χ0) is 14.8. The molecule has 0 amide bonds. The average Bonchev–Trinajstić information content (AvgIpc) is 2.42. The molecule has 0 aromatic carbocycles. The maximum atomic E-state index is 11.5. The molecule has 0 radical (unpaired) electrons. The smallest absolute Gasteiger partial charge is 0.374 e. The molecule has 0 spiro atoms. The molecule has 19 heavy (non-hydrogen) atoms. The van der Waals surface area contributed by atoms with Crippen LogP contribution < -0.4 is 0 Å². The zero-order valence-electron chi connectivity index (χ0n) is 11.0. The van der Waals surface area contributed by atoms with E-state index in [4.69, 9.17) is 13.8 Å². The van der Waals surface area contributed by atoms with Crippen LogP contribution in [0.15, 0.2) is 23.1 Å². The highest BCUT2D eigenvalue weighted by atomic mass is 79.9. The number of carbonyl (C=O) groups excluding carboxylic acids is 2. The van der Waals surface area contributed by atoms with Crippen molar-refractivity contribution in [2.24, 2.45) is 0 Å². The van der Waals surface area contributed by atoms with Gasteiger partial charge in [0.15, 0.2) is 0 Å². The molecule has 0 heterocycles. The molecule has 1 unspecified atom stereocenters. The average molecular weight is 355 g/mol. The molecular formula is C11H16BrO6P. The minimum Gasteiger partial charge on any atom is -0.463 e. The van der Waals surface area contributed by atoms with Crippen LogP contribution in [0.1, 0.15) is 13.8 Å². The summed E-state index contributed by atoms with van der Waals surface area (Å²) in [6, 6.07) is 0. The highest BCUT2D eigenvalue weighted by Crippen LogP contribution is 2.42. The fourth-order valence-electron chi connectivity index (χ4n) is 0.835. The number of esters is 2. The van der Waals surface area contributed by atoms with Crippen molar-refractivity contribution < 1.29 is 28.1 Å². The molecule has 1 atom stereocenters. The molecule has 8 heteroatoms. The van der Waals surface area contributed by atoms with Gasteiger partial charge in [-0.3, -0.25) is 0 Å². The first-order chi connectivity index (χ1) is 8.99. The number of ether oxygens (including phenoxy) is 2. The van der Waals surface area contributed by atoms with Crippen LogP contribution in [0, 0.1) is 0 Å². The summed E-state index contributed by atoms with van der Waals surface area (Å²) in [5, 5.41) is 0. The normalized spacial score (nSPS) is 12.3. The van der Waals surface area contributed by atoms with E-state index < -0.39 is 20.3 Å². The number of rotatable bonds is 8. The predicted molar refractivity (Wildman–Crippen MR) is 74.4 cm³/mol. The van der Waals surface area contributed by atoms with E-state index in [1.54, 1.807) is 13.8 Å². The lowest BCUT2D eigenvalue weighted by atomic mass is 10.6. The van der Waals surface area contributed by atoms with Crippen molar-refractivity contribution in [2.75, 3.05) is 19.9 Å². The van der Waals surface area contributed by atoms with Gasteiger partial charge in [0.25, 0.3) is 8.38 Å². The summed E-state index contributed by atoms with van der Waals surface area (Å²) in [5.74, 6) is -1.52. The van der Waals surface area contributed by atoms with Crippen LogP contribution in [-0.4, -0.2) is 31.8 Å². The second kappa shape index (κ2) is 9.81. The Morgan fingerprint density at radius 1 is 1.26 bits per heavy atom. The third-order valence-corrected chi connectivity index (χ3v) is 3.42. The molecule has 0 aromatic rings. The van der Waals surface area contributed by atoms with Crippen LogP contribution in [0.2, 0.25) is 0 Å². The molecule has 108 valence electrons. The van der Waals surface area contributed by atoms with E-state index in [0.29, 0.717) is 6.16 Å². The first kappa shape index (κ1) is 17.9. The monoisotopic (exact) mass is 354 g/mol. The van der Waals surface area contributed by atoms with Crippen molar-refractivity contribution in [1.29, 1.82) is 0 Å². The molecule has 0 bridgehead atoms. The largest absolute Gasteiger partial charge is 0.463 e. The molecule has 6 nitrogen and oxygen atoms in total. The van der Waals surface area contributed by atoms with E-state index in [1.165, 1.54) is 12.1 Å². The summed E-state index contributed by atoms with van der Waals surface area (Å²) in [6.07, 6.45) is 0.453. The molecule has 0 aromatic heterocycles. The van der Waals surface area contributed by atoms with Crippen LogP contribution in [0.4, 0.5) is 0 Å². The summed E-state index contributed by atoms with van der Waals surface area (Å²) in [7, 11) is -0.307. The molecule has 0 aliphatic heterocycles. The Balaban J connectivity index is 4.58. The minimum absolute atomic E-state index is 0.0347. The lowest BCUT2D eigenvalue weighted by Crippen LogP contribution is -2.11. The van der Waals surface area contributed by atoms with Crippen molar-refractivity contribution in [1.82, 2.24) is 0 Å². The summed E-state index contributed by atoms with van der Waals surface area (Å²) in [6.45, 7) is 7.12. The Morgan fingerprint density at radius 3 is 2.32 bits per heavy atom. The maximum absolute atomic E-state index is 11.5. The topological polar surface area (TPSA) is 71.1 Å². The van der Waals surface area contributed by atoms with E-state index in [1.807, 2.05) is 0 Å². The zero-order valence-corrected chi connectivity index (χ0v) is 13.5. The summed E-state index contributed by atoms with van der Waals surface area (Å²) < 4.78 is 19.8. The lowest BCUT2D eigenvalue weighted by molar-refractivity contribution is -0.140. The van der Waals surface area contributed by atoms with E-state index in [9.17, 15) is 9.59 Å². The second-order valence-electron chi connectivity index (χ2n) is 2.94. The molecule has 0 saturated carbocycles. The van der Waals surface area contributed by atoms with Gasteiger partial charge in [0.1, 0.15) is 0 Å². The van der Waals surface area contributed by atoms with Gasteiger partial charge in [0, 0.05) is 11.1 Å². The third kappa shape index (κ3) is 6.59. The Morgan fingerprint density at radius 2 is 1.89 bits per heavy atom. The van der Waals surface area contributed by atoms with Gasteiger partial charge in [0.2, 0.25) is 11.5 Å². The highest BCUT2D eigenvalue weighted by Gasteiger charge is 2.22. The van der Waals surface area contributed by atoms with Crippen molar-refractivity contribution in [3.8, 4) is 0 Å². The molecular weight excluding hydrogens is 339 g/mol. The molecule has 0 aliphatic carbocycles. The fraction of sp³-hybridized carbons (Fsp3) is 0.455. The summed E-state index contributed by atoms with van der Waals surface area (Å²) in [4.78, 5) is 23.9. The Kier molecular flexibility index (Phi) is 9.26. The highest BCUT2D eigenvalue weighted by molar-refractivity contribution is 9.11. The van der Waals surface area contributed by atoms with E-state index >= 15 is 0 Å². The van der Waals surface area contributed by atoms with Gasteiger partial charge in [-0.2, -0.15) is 0 Å². The van der Waals surface area contributed by atoms with E-state index in [-0.39, 0.29) is 18.1 Å². The van der Waals surface area contributed by atoms with Gasteiger partial charge < -0.3 is 18.5 Å². The molecule has 0 rings (SSSR count). The SMILES string of the molecule is C=C(OP(CC)O/C(=C/Br)C(=O)OCC)C(=O)OC. The fourth-order valence-corrected chi connectivity index (χ4v) is 2.22. The van der Waals surface area contributed by atoms with Gasteiger partial charge in [-0.25, -0.2) is 9.59 Å². The second-order valence-corrected chi connectivity index (χ2v) is 5.06.